The number of hydrogen-bond donors (Lipinski definition) is 0. The molecule has 6 heteroatoms. The van der Waals surface area contributed by atoms with Crippen molar-refractivity contribution in [3.63, 3.8) is 0 Å². The Labute approximate surface area is 136 Å². The van der Waals surface area contributed by atoms with Crippen LogP contribution in [0.3, 0.4) is 0 Å². The lowest BCUT2D eigenvalue weighted by atomic mass is 10.2. The molecule has 128 valence electrons. The fraction of sp³-hybridized carbons (Fsp3) is 0.529. The third kappa shape index (κ3) is 8.95. The molecular formula is C17H24O6. The van der Waals surface area contributed by atoms with E-state index in [0.717, 1.165) is 5.56 Å². The van der Waals surface area contributed by atoms with Gasteiger partial charge >= 0.3 is 11.9 Å². The summed E-state index contributed by atoms with van der Waals surface area (Å²) in [6, 6.07) is 9.70. The van der Waals surface area contributed by atoms with E-state index in [4.69, 9.17) is 18.9 Å². The first-order valence-electron chi connectivity index (χ1n) is 7.70. The topological polar surface area (TPSA) is 71.1 Å². The average molecular weight is 324 g/mol. The van der Waals surface area contributed by atoms with Crippen molar-refractivity contribution < 1.29 is 28.5 Å². The molecule has 1 aromatic rings. The lowest BCUT2D eigenvalue weighted by Crippen LogP contribution is -2.28. The monoisotopic (exact) mass is 324 g/mol. The summed E-state index contributed by atoms with van der Waals surface area (Å²) in [5, 5.41) is 0. The van der Waals surface area contributed by atoms with Crippen molar-refractivity contribution in [3.05, 3.63) is 35.9 Å². The van der Waals surface area contributed by atoms with Crippen molar-refractivity contribution in [1.29, 1.82) is 0 Å². The van der Waals surface area contributed by atoms with Crippen LogP contribution in [0.4, 0.5) is 0 Å². The van der Waals surface area contributed by atoms with Crippen molar-refractivity contribution in [2.75, 3.05) is 20.0 Å². The Bertz CT molecular complexity index is 459. The minimum atomic E-state index is -0.487. The van der Waals surface area contributed by atoms with E-state index >= 15 is 0 Å². The molecule has 1 unspecified atom stereocenters. The molecule has 1 atom stereocenters. The summed E-state index contributed by atoms with van der Waals surface area (Å²) < 4.78 is 20.9. The second kappa shape index (κ2) is 11.6. The summed E-state index contributed by atoms with van der Waals surface area (Å²) >= 11 is 0. The molecule has 0 aromatic heterocycles. The van der Waals surface area contributed by atoms with Crippen molar-refractivity contribution >= 4 is 11.9 Å². The quantitative estimate of drug-likeness (QED) is 0.460. The molecule has 0 saturated heterocycles. The molecule has 0 aliphatic rings. The van der Waals surface area contributed by atoms with Crippen LogP contribution in [-0.4, -0.2) is 38.0 Å². The van der Waals surface area contributed by atoms with E-state index in [0.29, 0.717) is 13.0 Å². The lowest BCUT2D eigenvalue weighted by Gasteiger charge is -2.18. The van der Waals surface area contributed by atoms with E-state index in [1.807, 2.05) is 30.3 Å². The predicted octanol–water partition coefficient (Wildman–Crippen LogP) is 2.45. The van der Waals surface area contributed by atoms with Crippen LogP contribution < -0.4 is 0 Å². The zero-order valence-corrected chi connectivity index (χ0v) is 13.7. The molecule has 0 aliphatic carbocycles. The Morgan fingerprint density at radius 3 is 2.26 bits per heavy atom. The number of rotatable bonds is 11. The number of ether oxygens (including phenoxy) is 4. The van der Waals surface area contributed by atoms with Gasteiger partial charge in [0.1, 0.15) is 12.7 Å². The molecule has 1 rings (SSSR count). The second-order valence-corrected chi connectivity index (χ2v) is 4.81. The highest BCUT2D eigenvalue weighted by Crippen LogP contribution is 2.04. The first-order chi connectivity index (χ1) is 11.2. The third-order valence-corrected chi connectivity index (χ3v) is 2.95. The Kier molecular flexibility index (Phi) is 9.66. The van der Waals surface area contributed by atoms with Gasteiger partial charge in [-0.3, -0.25) is 9.59 Å². The summed E-state index contributed by atoms with van der Waals surface area (Å²) in [6.07, 6.45) is 0.0880. The summed E-state index contributed by atoms with van der Waals surface area (Å²) in [4.78, 5) is 22.3. The normalized spacial score (nSPS) is 11.7. The van der Waals surface area contributed by atoms with E-state index in [-0.39, 0.29) is 38.4 Å². The van der Waals surface area contributed by atoms with Crippen molar-refractivity contribution in [2.45, 2.75) is 39.4 Å². The molecule has 0 saturated carbocycles. The molecule has 0 fully saturated rings. The van der Waals surface area contributed by atoms with Crippen LogP contribution in [0.25, 0.3) is 0 Å². The van der Waals surface area contributed by atoms with Crippen LogP contribution in [0.2, 0.25) is 0 Å². The Hall–Kier alpha value is -1.92. The molecule has 0 aliphatic heterocycles. The number of hydrogen-bond acceptors (Lipinski definition) is 6. The van der Waals surface area contributed by atoms with Gasteiger partial charge in [-0.1, -0.05) is 44.2 Å². The predicted molar refractivity (Wildman–Crippen MR) is 83.5 cm³/mol. The molecule has 23 heavy (non-hydrogen) atoms. The summed E-state index contributed by atoms with van der Waals surface area (Å²) in [5.41, 5.74) is 1.04. The lowest BCUT2D eigenvalue weighted by molar-refractivity contribution is -0.172. The maximum Gasteiger partial charge on any atom is 0.307 e. The molecule has 0 heterocycles. The summed E-state index contributed by atoms with van der Waals surface area (Å²) in [5.74, 6) is -0.660. The summed E-state index contributed by atoms with van der Waals surface area (Å²) in [6.45, 7) is 3.95. The van der Waals surface area contributed by atoms with Crippen molar-refractivity contribution in [2.24, 2.45) is 0 Å². The van der Waals surface area contributed by atoms with Crippen LogP contribution in [0, 0.1) is 0 Å². The van der Waals surface area contributed by atoms with Gasteiger partial charge in [-0.05, 0) is 5.56 Å². The van der Waals surface area contributed by atoms with Gasteiger partial charge in [0.15, 0.2) is 6.79 Å². The fourth-order valence-corrected chi connectivity index (χ4v) is 1.61. The SMILES string of the molecule is CCC(=O)OCOC(COCc1ccccc1)COC(=O)CC. The highest BCUT2D eigenvalue weighted by molar-refractivity contribution is 5.69. The molecular weight excluding hydrogens is 300 g/mol. The van der Waals surface area contributed by atoms with E-state index in [1.54, 1.807) is 13.8 Å². The highest BCUT2D eigenvalue weighted by atomic mass is 16.7. The van der Waals surface area contributed by atoms with Crippen LogP contribution in [0.1, 0.15) is 32.3 Å². The first-order valence-corrected chi connectivity index (χ1v) is 7.70. The van der Waals surface area contributed by atoms with Gasteiger partial charge < -0.3 is 18.9 Å². The van der Waals surface area contributed by atoms with Gasteiger partial charge in [-0.2, -0.15) is 0 Å². The average Bonchev–Trinajstić information content (AvgIpc) is 2.59. The van der Waals surface area contributed by atoms with Gasteiger partial charge in [-0.25, -0.2) is 0 Å². The third-order valence-electron chi connectivity index (χ3n) is 2.95. The zero-order valence-electron chi connectivity index (χ0n) is 13.7. The second-order valence-electron chi connectivity index (χ2n) is 4.81. The minimum absolute atomic E-state index is 0.0607. The molecule has 0 amide bonds. The molecule has 0 spiro atoms. The molecule has 6 nitrogen and oxygen atoms in total. The van der Waals surface area contributed by atoms with E-state index in [2.05, 4.69) is 0 Å². The summed E-state index contributed by atoms with van der Waals surface area (Å²) in [7, 11) is 0. The van der Waals surface area contributed by atoms with E-state index < -0.39 is 6.10 Å². The zero-order chi connectivity index (χ0) is 16.9. The van der Waals surface area contributed by atoms with Gasteiger partial charge in [0, 0.05) is 12.8 Å². The highest BCUT2D eigenvalue weighted by Gasteiger charge is 2.13. The van der Waals surface area contributed by atoms with E-state index in [1.165, 1.54) is 0 Å². The first kappa shape index (κ1) is 19.1. The number of benzene rings is 1. The number of carbonyl (C=O) groups is 2. The van der Waals surface area contributed by atoms with Gasteiger partial charge in [-0.15, -0.1) is 0 Å². The van der Waals surface area contributed by atoms with Crippen molar-refractivity contribution in [3.8, 4) is 0 Å². The maximum absolute atomic E-state index is 11.2. The standard InChI is InChI=1S/C17H24O6/c1-3-16(18)21-12-15(22-13-23-17(19)4-2)11-20-10-14-8-6-5-7-9-14/h5-9,15H,3-4,10-13H2,1-2H3. The Morgan fingerprint density at radius 2 is 1.61 bits per heavy atom. The van der Waals surface area contributed by atoms with E-state index in [9.17, 15) is 9.59 Å². The van der Waals surface area contributed by atoms with Crippen LogP contribution in [-0.2, 0) is 35.1 Å². The Balaban J connectivity index is 2.36. The largest absolute Gasteiger partial charge is 0.463 e. The molecule has 0 radical (unpaired) electrons. The van der Waals surface area contributed by atoms with Crippen molar-refractivity contribution in [1.82, 2.24) is 0 Å². The van der Waals surface area contributed by atoms with Crippen LogP contribution >= 0.6 is 0 Å². The fourth-order valence-electron chi connectivity index (χ4n) is 1.61. The molecule has 1 aromatic carbocycles. The molecule has 0 bridgehead atoms. The minimum Gasteiger partial charge on any atom is -0.463 e. The molecule has 0 N–H and O–H groups in total. The van der Waals surface area contributed by atoms with Crippen LogP contribution in [0.5, 0.6) is 0 Å². The van der Waals surface area contributed by atoms with Gasteiger partial charge in [0.2, 0.25) is 0 Å². The number of esters is 2. The smallest absolute Gasteiger partial charge is 0.307 e. The number of carbonyl (C=O) groups excluding carboxylic acids is 2. The van der Waals surface area contributed by atoms with Gasteiger partial charge in [0.25, 0.3) is 0 Å². The van der Waals surface area contributed by atoms with Gasteiger partial charge in [0.05, 0.1) is 13.2 Å². The maximum atomic E-state index is 11.2. The van der Waals surface area contributed by atoms with Crippen LogP contribution in [0.15, 0.2) is 30.3 Å². The Morgan fingerprint density at radius 1 is 0.957 bits per heavy atom.